The highest BCUT2D eigenvalue weighted by Gasteiger charge is 2.15. The van der Waals surface area contributed by atoms with E-state index in [-0.39, 0.29) is 11.7 Å². The maximum atomic E-state index is 12.3. The molecule has 0 saturated heterocycles. The lowest BCUT2D eigenvalue weighted by Gasteiger charge is -2.06. The van der Waals surface area contributed by atoms with E-state index in [1.54, 1.807) is 36.4 Å². The van der Waals surface area contributed by atoms with Crippen LogP contribution in [0.2, 0.25) is 10.0 Å². The van der Waals surface area contributed by atoms with Crippen molar-refractivity contribution in [1.82, 2.24) is 0 Å². The average molecular weight is 411 g/mol. The molecule has 0 aliphatic carbocycles. The highest BCUT2D eigenvalue weighted by atomic mass is 79.9. The standard InChI is InChI=1S/C17H10BrCl2NO2/c18-10-5-6-14(13(20)9-10)21-17(22)16-8-7-15(23-16)11-3-1-2-4-12(11)19/h1-9H,(H,21,22). The van der Waals surface area contributed by atoms with Crippen molar-refractivity contribution < 1.29 is 9.21 Å². The van der Waals surface area contributed by atoms with Crippen LogP contribution in [0.1, 0.15) is 10.6 Å². The topological polar surface area (TPSA) is 42.2 Å². The van der Waals surface area contributed by atoms with Crippen molar-refractivity contribution in [3.05, 3.63) is 74.9 Å². The van der Waals surface area contributed by atoms with Gasteiger partial charge in [-0.2, -0.15) is 0 Å². The van der Waals surface area contributed by atoms with E-state index in [0.717, 1.165) is 10.0 Å². The first-order valence-corrected chi connectivity index (χ1v) is 8.20. The number of amides is 1. The number of benzene rings is 2. The molecule has 0 spiro atoms. The second kappa shape index (κ2) is 6.79. The summed E-state index contributed by atoms with van der Waals surface area (Å²) in [5.74, 6) is 0.328. The van der Waals surface area contributed by atoms with E-state index in [9.17, 15) is 4.79 Å². The molecular weight excluding hydrogens is 401 g/mol. The van der Waals surface area contributed by atoms with E-state index in [0.29, 0.717) is 21.5 Å². The maximum Gasteiger partial charge on any atom is 0.291 e. The Bertz CT molecular complexity index is 877. The molecule has 3 nitrogen and oxygen atoms in total. The third-order valence-electron chi connectivity index (χ3n) is 3.15. The number of anilines is 1. The number of carbonyl (C=O) groups is 1. The van der Waals surface area contributed by atoms with Crippen LogP contribution in [0.5, 0.6) is 0 Å². The fraction of sp³-hybridized carbons (Fsp3) is 0. The third-order valence-corrected chi connectivity index (χ3v) is 4.28. The van der Waals surface area contributed by atoms with Crippen molar-refractivity contribution >= 4 is 50.7 Å². The highest BCUT2D eigenvalue weighted by molar-refractivity contribution is 9.10. The zero-order valence-corrected chi connectivity index (χ0v) is 14.7. The fourth-order valence-electron chi connectivity index (χ4n) is 2.04. The van der Waals surface area contributed by atoms with Gasteiger partial charge in [0.25, 0.3) is 5.91 Å². The normalized spacial score (nSPS) is 10.6. The van der Waals surface area contributed by atoms with Crippen molar-refractivity contribution in [3.8, 4) is 11.3 Å². The first-order chi connectivity index (χ1) is 11.0. The first kappa shape index (κ1) is 16.1. The zero-order chi connectivity index (χ0) is 16.4. The van der Waals surface area contributed by atoms with Gasteiger partial charge in [0, 0.05) is 10.0 Å². The van der Waals surface area contributed by atoms with Crippen LogP contribution in [0.3, 0.4) is 0 Å². The predicted octanol–water partition coefficient (Wildman–Crippen LogP) is 6.27. The van der Waals surface area contributed by atoms with Crippen molar-refractivity contribution in [2.24, 2.45) is 0 Å². The third kappa shape index (κ3) is 3.61. The van der Waals surface area contributed by atoms with Gasteiger partial charge in [0.05, 0.1) is 15.7 Å². The molecule has 0 saturated carbocycles. The Morgan fingerprint density at radius 3 is 2.52 bits per heavy atom. The minimum absolute atomic E-state index is 0.180. The summed E-state index contributed by atoms with van der Waals surface area (Å²) in [7, 11) is 0. The largest absolute Gasteiger partial charge is 0.451 e. The molecule has 0 unspecified atom stereocenters. The summed E-state index contributed by atoms with van der Waals surface area (Å²) in [4.78, 5) is 12.3. The van der Waals surface area contributed by atoms with Crippen molar-refractivity contribution in [1.29, 1.82) is 0 Å². The fourth-order valence-corrected chi connectivity index (χ4v) is 2.99. The lowest BCUT2D eigenvalue weighted by molar-refractivity contribution is 0.0997. The summed E-state index contributed by atoms with van der Waals surface area (Å²) < 4.78 is 6.43. The predicted molar refractivity (Wildman–Crippen MR) is 96.3 cm³/mol. The molecule has 0 atom stereocenters. The summed E-state index contributed by atoms with van der Waals surface area (Å²) in [5, 5.41) is 3.71. The SMILES string of the molecule is O=C(Nc1ccc(Br)cc1Cl)c1ccc(-c2ccccc2Cl)o1. The smallest absolute Gasteiger partial charge is 0.291 e. The van der Waals surface area contributed by atoms with Crippen molar-refractivity contribution in [2.75, 3.05) is 5.32 Å². The Labute approximate surface area is 151 Å². The van der Waals surface area contributed by atoms with E-state index < -0.39 is 0 Å². The molecule has 116 valence electrons. The average Bonchev–Trinajstić information content (AvgIpc) is 3.00. The van der Waals surface area contributed by atoms with Crippen LogP contribution in [0.25, 0.3) is 11.3 Å². The summed E-state index contributed by atoms with van der Waals surface area (Å²) in [6.45, 7) is 0. The molecule has 23 heavy (non-hydrogen) atoms. The summed E-state index contributed by atoms with van der Waals surface area (Å²) in [6, 6.07) is 15.8. The maximum absolute atomic E-state index is 12.3. The second-order valence-corrected chi connectivity index (χ2v) is 6.45. The van der Waals surface area contributed by atoms with Gasteiger partial charge in [-0.05, 0) is 42.5 Å². The van der Waals surface area contributed by atoms with Crippen LogP contribution in [0.4, 0.5) is 5.69 Å². The molecule has 6 heteroatoms. The van der Waals surface area contributed by atoms with Gasteiger partial charge in [-0.15, -0.1) is 0 Å². The molecule has 2 aromatic carbocycles. The number of hydrogen-bond donors (Lipinski definition) is 1. The minimum Gasteiger partial charge on any atom is -0.451 e. The number of halogens is 3. The van der Waals surface area contributed by atoms with E-state index in [1.807, 2.05) is 18.2 Å². The molecule has 3 rings (SSSR count). The van der Waals surface area contributed by atoms with Gasteiger partial charge in [0.1, 0.15) is 5.76 Å². The zero-order valence-electron chi connectivity index (χ0n) is 11.6. The Balaban J connectivity index is 1.83. The number of nitrogens with one attached hydrogen (secondary N) is 1. The molecule has 0 aliphatic rings. The van der Waals surface area contributed by atoms with Gasteiger partial charge in [-0.25, -0.2) is 0 Å². The van der Waals surface area contributed by atoms with Gasteiger partial charge in [0.2, 0.25) is 0 Å². The molecule has 0 radical (unpaired) electrons. The minimum atomic E-state index is -0.382. The van der Waals surface area contributed by atoms with Gasteiger partial charge in [0.15, 0.2) is 5.76 Å². The monoisotopic (exact) mass is 409 g/mol. The molecule has 1 amide bonds. The second-order valence-electron chi connectivity index (χ2n) is 4.72. The molecular formula is C17H10BrCl2NO2. The number of rotatable bonds is 3. The number of hydrogen-bond acceptors (Lipinski definition) is 2. The molecule has 0 fully saturated rings. The van der Waals surface area contributed by atoms with E-state index in [4.69, 9.17) is 27.6 Å². The van der Waals surface area contributed by atoms with Crippen LogP contribution in [-0.4, -0.2) is 5.91 Å². The van der Waals surface area contributed by atoms with Crippen molar-refractivity contribution in [2.45, 2.75) is 0 Å². The van der Waals surface area contributed by atoms with Crippen LogP contribution in [0, 0.1) is 0 Å². The Kier molecular flexibility index (Phi) is 4.76. The van der Waals surface area contributed by atoms with Crippen LogP contribution < -0.4 is 5.32 Å². The summed E-state index contributed by atoms with van der Waals surface area (Å²) in [5.41, 5.74) is 1.24. The van der Waals surface area contributed by atoms with Crippen LogP contribution >= 0.6 is 39.1 Å². The lowest BCUT2D eigenvalue weighted by Crippen LogP contribution is -2.11. The Morgan fingerprint density at radius 1 is 1.00 bits per heavy atom. The molecule has 1 N–H and O–H groups in total. The highest BCUT2D eigenvalue weighted by Crippen LogP contribution is 2.30. The van der Waals surface area contributed by atoms with E-state index in [1.165, 1.54) is 0 Å². The molecule has 0 aliphatic heterocycles. The molecule has 3 aromatic rings. The molecule has 1 aromatic heterocycles. The Morgan fingerprint density at radius 2 is 1.78 bits per heavy atom. The van der Waals surface area contributed by atoms with Gasteiger partial charge in [-0.3, -0.25) is 4.79 Å². The van der Waals surface area contributed by atoms with Gasteiger partial charge in [-0.1, -0.05) is 51.3 Å². The summed E-state index contributed by atoms with van der Waals surface area (Å²) >= 11 is 15.5. The van der Waals surface area contributed by atoms with Gasteiger partial charge >= 0.3 is 0 Å². The van der Waals surface area contributed by atoms with Crippen LogP contribution in [0.15, 0.2) is 63.5 Å². The first-order valence-electron chi connectivity index (χ1n) is 6.66. The van der Waals surface area contributed by atoms with E-state index >= 15 is 0 Å². The number of carbonyl (C=O) groups excluding carboxylic acids is 1. The number of furan rings is 1. The van der Waals surface area contributed by atoms with E-state index in [2.05, 4.69) is 21.2 Å². The molecule has 1 heterocycles. The Hall–Kier alpha value is -1.75. The van der Waals surface area contributed by atoms with Crippen molar-refractivity contribution in [3.63, 3.8) is 0 Å². The summed E-state index contributed by atoms with van der Waals surface area (Å²) in [6.07, 6.45) is 0. The quantitative estimate of drug-likeness (QED) is 0.552. The molecule has 0 bridgehead atoms. The van der Waals surface area contributed by atoms with Crippen LogP contribution in [-0.2, 0) is 0 Å². The van der Waals surface area contributed by atoms with Gasteiger partial charge < -0.3 is 9.73 Å². The lowest BCUT2D eigenvalue weighted by atomic mass is 10.2.